The molecule has 0 fully saturated rings. The van der Waals surface area contributed by atoms with E-state index in [1.807, 2.05) is 0 Å². The van der Waals surface area contributed by atoms with E-state index in [-0.39, 0.29) is 12.2 Å². The second-order valence-corrected chi connectivity index (χ2v) is 5.88. The van der Waals surface area contributed by atoms with Crippen molar-refractivity contribution in [3.05, 3.63) is 56.7 Å². The number of hydrogen-bond acceptors (Lipinski definition) is 2. The Balaban J connectivity index is 2.21. The summed E-state index contributed by atoms with van der Waals surface area (Å²) in [6.07, 6.45) is -1.18. The molecule has 0 aliphatic carbocycles. The molecule has 0 bridgehead atoms. The second-order valence-electron chi connectivity index (χ2n) is 4.05. The summed E-state index contributed by atoms with van der Waals surface area (Å²) in [5, 5.41) is 2.79. The van der Waals surface area contributed by atoms with Crippen LogP contribution in [0.15, 0.2) is 45.6 Å². The fourth-order valence-electron chi connectivity index (χ4n) is 1.65. The van der Waals surface area contributed by atoms with E-state index in [1.165, 1.54) is 6.07 Å². The Bertz CT molecular complexity index is 615. The summed E-state index contributed by atoms with van der Waals surface area (Å²) in [5.74, 6) is 0. The molecule has 1 aromatic carbocycles. The first-order chi connectivity index (χ1) is 9.36. The normalized spacial score (nSPS) is 11.4. The molecular weight excluding hydrogens is 401 g/mol. The van der Waals surface area contributed by atoms with Crippen LogP contribution in [-0.4, -0.2) is 4.98 Å². The fraction of sp³-hybridized carbons (Fsp3) is 0.154. The Kier molecular flexibility index (Phi) is 4.70. The third-order valence-corrected chi connectivity index (χ3v) is 3.46. The number of pyridine rings is 1. The molecular formula is C13H9Br2F3N2. The molecule has 0 atom stereocenters. The number of benzene rings is 1. The van der Waals surface area contributed by atoms with Gasteiger partial charge >= 0.3 is 6.18 Å². The van der Waals surface area contributed by atoms with Gasteiger partial charge in [-0.3, -0.25) is 4.98 Å². The predicted molar refractivity (Wildman–Crippen MR) is 78.4 cm³/mol. The van der Waals surface area contributed by atoms with Crippen LogP contribution in [0.2, 0.25) is 0 Å². The molecule has 106 valence electrons. The smallest absolute Gasteiger partial charge is 0.380 e. The summed E-state index contributed by atoms with van der Waals surface area (Å²) in [6, 6.07) is 5.82. The lowest BCUT2D eigenvalue weighted by Gasteiger charge is -2.15. The first kappa shape index (κ1) is 15.3. The standard InChI is InChI=1S/C13H9Br2F3N2/c14-9-1-2-12(11(4-9)13(16,17)18)20-6-8-3-10(15)7-19-5-8/h1-5,7,20H,6H2. The highest BCUT2D eigenvalue weighted by Gasteiger charge is 2.33. The monoisotopic (exact) mass is 408 g/mol. The van der Waals surface area contributed by atoms with Gasteiger partial charge in [-0.25, -0.2) is 0 Å². The number of halogens is 5. The molecule has 0 spiro atoms. The van der Waals surface area contributed by atoms with Crippen molar-refractivity contribution in [2.75, 3.05) is 5.32 Å². The molecule has 0 radical (unpaired) electrons. The van der Waals surface area contributed by atoms with Crippen LogP contribution in [0.25, 0.3) is 0 Å². The zero-order valence-corrected chi connectivity index (χ0v) is 13.2. The lowest BCUT2D eigenvalue weighted by molar-refractivity contribution is -0.137. The Morgan fingerprint density at radius 2 is 1.80 bits per heavy atom. The van der Waals surface area contributed by atoms with Gasteiger partial charge in [-0.15, -0.1) is 0 Å². The molecule has 2 rings (SSSR count). The van der Waals surface area contributed by atoms with E-state index in [4.69, 9.17) is 0 Å². The van der Waals surface area contributed by atoms with Crippen molar-refractivity contribution in [2.24, 2.45) is 0 Å². The van der Waals surface area contributed by atoms with Crippen LogP contribution in [0.1, 0.15) is 11.1 Å². The number of anilines is 1. The summed E-state index contributed by atoms with van der Waals surface area (Å²) in [5.41, 5.74) is 0.130. The minimum atomic E-state index is -4.40. The lowest BCUT2D eigenvalue weighted by atomic mass is 10.1. The van der Waals surface area contributed by atoms with Gasteiger partial charge in [0.25, 0.3) is 0 Å². The molecule has 1 heterocycles. The number of nitrogens with zero attached hydrogens (tertiary/aromatic N) is 1. The van der Waals surface area contributed by atoms with Crippen LogP contribution in [0.3, 0.4) is 0 Å². The van der Waals surface area contributed by atoms with E-state index in [1.54, 1.807) is 24.5 Å². The molecule has 0 saturated carbocycles. The van der Waals surface area contributed by atoms with Crippen molar-refractivity contribution in [3.63, 3.8) is 0 Å². The quantitative estimate of drug-likeness (QED) is 0.749. The number of aromatic nitrogens is 1. The van der Waals surface area contributed by atoms with Crippen LogP contribution < -0.4 is 5.32 Å². The van der Waals surface area contributed by atoms with Crippen molar-refractivity contribution >= 4 is 37.5 Å². The molecule has 0 saturated heterocycles. The van der Waals surface area contributed by atoms with Gasteiger partial charge in [0.2, 0.25) is 0 Å². The van der Waals surface area contributed by atoms with Gasteiger partial charge in [0.1, 0.15) is 0 Å². The minimum Gasteiger partial charge on any atom is -0.380 e. The van der Waals surface area contributed by atoms with Crippen molar-refractivity contribution in [1.29, 1.82) is 0 Å². The third-order valence-electron chi connectivity index (χ3n) is 2.53. The highest BCUT2D eigenvalue weighted by molar-refractivity contribution is 9.10. The van der Waals surface area contributed by atoms with Crippen LogP contribution in [0.4, 0.5) is 18.9 Å². The van der Waals surface area contributed by atoms with Gasteiger partial charge in [0.15, 0.2) is 0 Å². The molecule has 2 aromatic rings. The first-order valence-electron chi connectivity index (χ1n) is 5.56. The maximum absolute atomic E-state index is 12.9. The Hall–Kier alpha value is -1.08. The maximum atomic E-state index is 12.9. The van der Waals surface area contributed by atoms with Crippen LogP contribution in [-0.2, 0) is 12.7 Å². The van der Waals surface area contributed by atoms with Crippen molar-refractivity contribution in [3.8, 4) is 0 Å². The molecule has 0 aliphatic heterocycles. The topological polar surface area (TPSA) is 24.9 Å². The summed E-state index contributed by atoms with van der Waals surface area (Å²) < 4.78 is 40.0. The number of rotatable bonds is 3. The first-order valence-corrected chi connectivity index (χ1v) is 7.15. The van der Waals surface area contributed by atoms with E-state index in [0.717, 1.165) is 16.1 Å². The van der Waals surface area contributed by atoms with Crippen molar-refractivity contribution in [1.82, 2.24) is 4.98 Å². The molecule has 0 unspecified atom stereocenters. The SMILES string of the molecule is FC(F)(F)c1cc(Br)ccc1NCc1cncc(Br)c1. The van der Waals surface area contributed by atoms with Gasteiger partial charge < -0.3 is 5.32 Å². The molecule has 0 aliphatic rings. The molecule has 7 heteroatoms. The molecule has 20 heavy (non-hydrogen) atoms. The average Bonchev–Trinajstić information content (AvgIpc) is 2.36. The highest BCUT2D eigenvalue weighted by Crippen LogP contribution is 2.36. The largest absolute Gasteiger partial charge is 0.418 e. The number of nitrogens with one attached hydrogen (secondary N) is 1. The summed E-state index contributed by atoms with van der Waals surface area (Å²) >= 11 is 6.32. The lowest BCUT2D eigenvalue weighted by Crippen LogP contribution is -2.11. The Morgan fingerprint density at radius 3 is 2.45 bits per heavy atom. The van der Waals surface area contributed by atoms with E-state index in [0.29, 0.717) is 4.47 Å². The third kappa shape index (κ3) is 3.96. The number of alkyl halides is 3. The van der Waals surface area contributed by atoms with E-state index in [2.05, 4.69) is 42.2 Å². The number of hydrogen-bond donors (Lipinski definition) is 1. The van der Waals surface area contributed by atoms with Gasteiger partial charge in [-0.1, -0.05) is 15.9 Å². The van der Waals surface area contributed by atoms with Crippen LogP contribution in [0.5, 0.6) is 0 Å². The average molecular weight is 410 g/mol. The van der Waals surface area contributed by atoms with E-state index < -0.39 is 11.7 Å². The van der Waals surface area contributed by atoms with Crippen molar-refractivity contribution in [2.45, 2.75) is 12.7 Å². The molecule has 1 aromatic heterocycles. The van der Waals surface area contributed by atoms with Gasteiger partial charge in [-0.05, 0) is 45.8 Å². The maximum Gasteiger partial charge on any atom is 0.418 e. The van der Waals surface area contributed by atoms with Crippen molar-refractivity contribution < 1.29 is 13.2 Å². The van der Waals surface area contributed by atoms with Gasteiger partial charge in [-0.2, -0.15) is 13.2 Å². The predicted octanol–water partition coefficient (Wildman–Crippen LogP) is 5.24. The molecule has 2 nitrogen and oxygen atoms in total. The van der Waals surface area contributed by atoms with Gasteiger partial charge in [0.05, 0.1) is 5.56 Å². The van der Waals surface area contributed by atoms with Crippen LogP contribution >= 0.6 is 31.9 Å². The Labute approximate surface area is 130 Å². The summed E-state index contributed by atoms with van der Waals surface area (Å²) in [7, 11) is 0. The zero-order valence-electron chi connectivity index (χ0n) is 10.0. The minimum absolute atomic E-state index is 0.0423. The highest BCUT2D eigenvalue weighted by atomic mass is 79.9. The van der Waals surface area contributed by atoms with Gasteiger partial charge in [0, 0.05) is 33.6 Å². The van der Waals surface area contributed by atoms with E-state index >= 15 is 0 Å². The molecule has 0 amide bonds. The summed E-state index contributed by atoms with van der Waals surface area (Å²) in [6.45, 7) is 0.261. The fourth-order valence-corrected chi connectivity index (χ4v) is 2.43. The Morgan fingerprint density at radius 1 is 1.05 bits per heavy atom. The zero-order chi connectivity index (χ0) is 14.8. The second kappa shape index (κ2) is 6.13. The summed E-state index contributed by atoms with van der Waals surface area (Å²) in [4.78, 5) is 3.97. The van der Waals surface area contributed by atoms with Crippen LogP contribution in [0, 0.1) is 0 Å². The van der Waals surface area contributed by atoms with E-state index in [9.17, 15) is 13.2 Å². The molecule has 1 N–H and O–H groups in total.